The average Bonchev–Trinajstić information content (AvgIpc) is 2.88. The second-order valence-corrected chi connectivity index (χ2v) is 7.22. The molecule has 1 aliphatic heterocycles. The number of halogens is 1. The van der Waals surface area contributed by atoms with Gasteiger partial charge in [-0.25, -0.2) is 0 Å². The van der Waals surface area contributed by atoms with Gasteiger partial charge in [-0.2, -0.15) is 0 Å². The lowest BCUT2D eigenvalue weighted by Crippen LogP contribution is -2.29. The van der Waals surface area contributed by atoms with Crippen LogP contribution >= 0.6 is 11.6 Å². The lowest BCUT2D eigenvalue weighted by Gasteiger charge is -2.18. The lowest BCUT2D eigenvalue weighted by molar-refractivity contribution is -0.120. The van der Waals surface area contributed by atoms with E-state index in [1.807, 2.05) is 24.3 Å². The van der Waals surface area contributed by atoms with Gasteiger partial charge in [0.1, 0.15) is 12.2 Å². The Morgan fingerprint density at radius 3 is 2.76 bits per heavy atom. The summed E-state index contributed by atoms with van der Waals surface area (Å²) in [5.41, 5.74) is 1.89. The SMILES string of the molecule is CC1(C)Cc2cccc(OCCNC(=O)Cc3ccc(Cl)cc3)c2O1. The van der Waals surface area contributed by atoms with Crippen molar-refractivity contribution in [3.63, 3.8) is 0 Å². The molecule has 3 rings (SSSR count). The highest BCUT2D eigenvalue weighted by Crippen LogP contribution is 2.41. The molecule has 4 nitrogen and oxygen atoms in total. The van der Waals surface area contributed by atoms with Crippen molar-refractivity contribution in [3.8, 4) is 11.5 Å². The molecule has 2 aromatic rings. The van der Waals surface area contributed by atoms with E-state index in [-0.39, 0.29) is 11.5 Å². The molecule has 0 fully saturated rings. The molecule has 1 aliphatic rings. The number of nitrogens with one attached hydrogen (secondary N) is 1. The molecule has 1 heterocycles. The number of benzene rings is 2. The maximum Gasteiger partial charge on any atom is 0.224 e. The molecule has 0 aliphatic carbocycles. The topological polar surface area (TPSA) is 47.6 Å². The van der Waals surface area contributed by atoms with E-state index in [2.05, 4.69) is 25.2 Å². The molecule has 0 atom stereocenters. The van der Waals surface area contributed by atoms with Crippen LogP contribution in [0.15, 0.2) is 42.5 Å². The number of ether oxygens (including phenoxy) is 2. The fraction of sp³-hybridized carbons (Fsp3) is 0.350. The summed E-state index contributed by atoms with van der Waals surface area (Å²) in [7, 11) is 0. The number of hydrogen-bond donors (Lipinski definition) is 1. The number of amides is 1. The van der Waals surface area contributed by atoms with E-state index in [1.165, 1.54) is 0 Å². The number of rotatable bonds is 6. The summed E-state index contributed by atoms with van der Waals surface area (Å²) < 4.78 is 11.8. The smallest absolute Gasteiger partial charge is 0.224 e. The van der Waals surface area contributed by atoms with Crippen molar-refractivity contribution in [2.24, 2.45) is 0 Å². The Labute approximate surface area is 153 Å². The first-order valence-electron chi connectivity index (χ1n) is 8.38. The number of fused-ring (bicyclic) bond motifs is 1. The normalized spacial score (nSPS) is 14.5. The minimum Gasteiger partial charge on any atom is -0.488 e. The van der Waals surface area contributed by atoms with Crippen LogP contribution in [-0.4, -0.2) is 24.7 Å². The highest BCUT2D eigenvalue weighted by molar-refractivity contribution is 6.30. The van der Waals surface area contributed by atoms with Crippen LogP contribution < -0.4 is 14.8 Å². The van der Waals surface area contributed by atoms with Gasteiger partial charge in [-0.05, 0) is 37.6 Å². The zero-order valence-corrected chi connectivity index (χ0v) is 15.2. The molecule has 0 aromatic heterocycles. The van der Waals surface area contributed by atoms with Crippen LogP contribution in [0.4, 0.5) is 0 Å². The van der Waals surface area contributed by atoms with Crippen molar-refractivity contribution >= 4 is 17.5 Å². The van der Waals surface area contributed by atoms with Gasteiger partial charge in [0.05, 0.1) is 13.0 Å². The zero-order valence-electron chi connectivity index (χ0n) is 14.5. The quantitative estimate of drug-likeness (QED) is 0.798. The maximum atomic E-state index is 12.0. The van der Waals surface area contributed by atoms with Crippen LogP contribution in [0.3, 0.4) is 0 Å². The first-order valence-corrected chi connectivity index (χ1v) is 8.76. The van der Waals surface area contributed by atoms with E-state index in [1.54, 1.807) is 12.1 Å². The van der Waals surface area contributed by atoms with Gasteiger partial charge in [0.2, 0.25) is 5.91 Å². The van der Waals surface area contributed by atoms with Gasteiger partial charge in [0.25, 0.3) is 0 Å². The van der Waals surface area contributed by atoms with Gasteiger partial charge < -0.3 is 14.8 Å². The van der Waals surface area contributed by atoms with Crippen molar-refractivity contribution < 1.29 is 14.3 Å². The van der Waals surface area contributed by atoms with Gasteiger partial charge in [0.15, 0.2) is 11.5 Å². The third-order valence-electron chi connectivity index (χ3n) is 4.01. The summed E-state index contributed by atoms with van der Waals surface area (Å²) in [6.07, 6.45) is 1.20. The van der Waals surface area contributed by atoms with Gasteiger partial charge >= 0.3 is 0 Å². The number of carbonyl (C=O) groups is 1. The summed E-state index contributed by atoms with van der Waals surface area (Å²) in [4.78, 5) is 12.0. The summed E-state index contributed by atoms with van der Waals surface area (Å²) in [5.74, 6) is 1.51. The van der Waals surface area contributed by atoms with Gasteiger partial charge in [-0.15, -0.1) is 0 Å². The van der Waals surface area contributed by atoms with E-state index in [9.17, 15) is 4.79 Å². The number of para-hydroxylation sites is 1. The number of hydrogen-bond acceptors (Lipinski definition) is 3. The van der Waals surface area contributed by atoms with Crippen LogP contribution in [0.25, 0.3) is 0 Å². The molecular weight excluding hydrogens is 338 g/mol. The van der Waals surface area contributed by atoms with Crippen LogP contribution in [0, 0.1) is 0 Å². The van der Waals surface area contributed by atoms with Crippen LogP contribution in [-0.2, 0) is 17.6 Å². The van der Waals surface area contributed by atoms with E-state index in [0.717, 1.165) is 29.0 Å². The Morgan fingerprint density at radius 1 is 1.24 bits per heavy atom. The molecule has 1 N–H and O–H groups in total. The Bertz CT molecular complexity index is 756. The molecule has 0 bridgehead atoms. The molecule has 132 valence electrons. The van der Waals surface area contributed by atoms with Crippen molar-refractivity contribution in [2.75, 3.05) is 13.2 Å². The molecule has 5 heteroatoms. The van der Waals surface area contributed by atoms with Gasteiger partial charge in [-0.1, -0.05) is 35.9 Å². The van der Waals surface area contributed by atoms with Crippen molar-refractivity contribution in [1.29, 1.82) is 0 Å². The average molecular weight is 360 g/mol. The van der Waals surface area contributed by atoms with Gasteiger partial charge in [-0.3, -0.25) is 4.79 Å². The maximum absolute atomic E-state index is 12.0. The molecule has 2 aromatic carbocycles. The summed E-state index contributed by atoms with van der Waals surface area (Å²) in [5, 5.41) is 3.53. The molecule has 0 unspecified atom stereocenters. The molecule has 0 radical (unpaired) electrons. The second kappa shape index (κ2) is 7.36. The highest BCUT2D eigenvalue weighted by atomic mass is 35.5. The molecule has 0 saturated heterocycles. The van der Waals surface area contributed by atoms with Crippen molar-refractivity contribution in [1.82, 2.24) is 5.32 Å². The van der Waals surface area contributed by atoms with E-state index in [0.29, 0.717) is 24.6 Å². The Balaban J connectivity index is 1.46. The van der Waals surface area contributed by atoms with E-state index in [4.69, 9.17) is 21.1 Å². The molecule has 1 amide bonds. The van der Waals surface area contributed by atoms with E-state index >= 15 is 0 Å². The minimum absolute atomic E-state index is 0.0402. The first-order chi connectivity index (χ1) is 11.9. The number of carbonyl (C=O) groups excluding carboxylic acids is 1. The first kappa shape index (κ1) is 17.6. The summed E-state index contributed by atoms with van der Waals surface area (Å²) in [6, 6.07) is 13.2. The second-order valence-electron chi connectivity index (χ2n) is 6.78. The molecule has 0 spiro atoms. The standard InChI is InChI=1S/C20H22ClNO3/c1-20(2)13-15-4-3-5-17(19(15)25-20)24-11-10-22-18(23)12-14-6-8-16(21)9-7-14/h3-9H,10-13H2,1-2H3,(H,22,23). The Kier molecular flexibility index (Phi) is 5.19. The third-order valence-corrected chi connectivity index (χ3v) is 4.27. The fourth-order valence-corrected chi connectivity index (χ4v) is 3.03. The molecule has 0 saturated carbocycles. The summed E-state index contributed by atoms with van der Waals surface area (Å²) in [6.45, 7) is 4.97. The Morgan fingerprint density at radius 2 is 2.00 bits per heavy atom. The zero-order chi connectivity index (χ0) is 17.9. The predicted octanol–water partition coefficient (Wildman–Crippen LogP) is 3.79. The third kappa shape index (κ3) is 4.67. The predicted molar refractivity (Wildman–Crippen MR) is 98.5 cm³/mol. The highest BCUT2D eigenvalue weighted by Gasteiger charge is 2.32. The lowest BCUT2D eigenvalue weighted by atomic mass is 10.0. The molecule has 25 heavy (non-hydrogen) atoms. The minimum atomic E-state index is -0.200. The largest absolute Gasteiger partial charge is 0.488 e. The van der Waals surface area contributed by atoms with Crippen LogP contribution in [0.2, 0.25) is 5.02 Å². The van der Waals surface area contributed by atoms with Crippen LogP contribution in [0.1, 0.15) is 25.0 Å². The van der Waals surface area contributed by atoms with Crippen LogP contribution in [0.5, 0.6) is 11.5 Å². The van der Waals surface area contributed by atoms with Crippen molar-refractivity contribution in [3.05, 3.63) is 58.6 Å². The summed E-state index contributed by atoms with van der Waals surface area (Å²) >= 11 is 5.84. The monoisotopic (exact) mass is 359 g/mol. The Hall–Kier alpha value is -2.20. The molecular formula is C20H22ClNO3. The van der Waals surface area contributed by atoms with E-state index < -0.39 is 0 Å². The van der Waals surface area contributed by atoms with Crippen molar-refractivity contribution in [2.45, 2.75) is 32.3 Å². The fourth-order valence-electron chi connectivity index (χ4n) is 2.90. The van der Waals surface area contributed by atoms with Gasteiger partial charge in [0, 0.05) is 17.0 Å².